The highest BCUT2D eigenvalue weighted by atomic mass is 79.9. The number of nitrogens with zero attached hydrogens (tertiary/aromatic N) is 1. The molecule has 0 saturated carbocycles. The molecule has 186 valence electrons. The molecule has 0 aromatic heterocycles. The van der Waals surface area contributed by atoms with Crippen LogP contribution in [-0.2, 0) is 17.4 Å². The van der Waals surface area contributed by atoms with Gasteiger partial charge in [0.1, 0.15) is 6.54 Å². The third-order valence-electron chi connectivity index (χ3n) is 8.02. The van der Waals surface area contributed by atoms with Crippen LogP contribution in [0.15, 0.2) is 12.1 Å². The SMILES string of the molecule is CCCCCCCCCCCC[N+](C)(C)Cc1cc2c(cc1C)C(C)(C)CCC2(C)C.[Br-]. The van der Waals surface area contributed by atoms with Crippen molar-refractivity contribution in [3.8, 4) is 0 Å². The third kappa shape index (κ3) is 8.79. The Hall–Kier alpha value is -0.340. The molecule has 0 spiro atoms. The summed E-state index contributed by atoms with van der Waals surface area (Å²) in [5.74, 6) is 0. The van der Waals surface area contributed by atoms with E-state index in [1.165, 1.54) is 89.2 Å². The summed E-state index contributed by atoms with van der Waals surface area (Å²) in [7, 11) is 4.86. The normalized spacial score (nSPS) is 17.0. The van der Waals surface area contributed by atoms with Gasteiger partial charge in [0, 0.05) is 5.56 Å². The maximum Gasteiger partial charge on any atom is 0.104 e. The van der Waals surface area contributed by atoms with E-state index in [4.69, 9.17) is 0 Å². The van der Waals surface area contributed by atoms with Crippen molar-refractivity contribution in [1.82, 2.24) is 0 Å². The molecule has 1 aromatic rings. The lowest BCUT2D eigenvalue weighted by Crippen LogP contribution is -3.00. The van der Waals surface area contributed by atoms with Crippen molar-refractivity contribution in [2.24, 2.45) is 0 Å². The van der Waals surface area contributed by atoms with Crippen LogP contribution in [0.5, 0.6) is 0 Å². The Morgan fingerprint density at radius 3 is 1.66 bits per heavy atom. The van der Waals surface area contributed by atoms with Crippen LogP contribution in [0.1, 0.15) is 134 Å². The fourth-order valence-corrected chi connectivity index (χ4v) is 5.50. The van der Waals surface area contributed by atoms with Gasteiger partial charge < -0.3 is 21.5 Å². The van der Waals surface area contributed by atoms with Gasteiger partial charge in [-0.3, -0.25) is 0 Å². The molecule has 1 aliphatic rings. The summed E-state index contributed by atoms with van der Waals surface area (Å²) in [5, 5.41) is 0. The van der Waals surface area contributed by atoms with E-state index in [9.17, 15) is 0 Å². The van der Waals surface area contributed by atoms with Crippen LogP contribution in [0.25, 0.3) is 0 Å². The van der Waals surface area contributed by atoms with Gasteiger partial charge in [-0.25, -0.2) is 0 Å². The van der Waals surface area contributed by atoms with E-state index in [1.54, 1.807) is 16.7 Å². The highest BCUT2D eigenvalue weighted by molar-refractivity contribution is 5.46. The van der Waals surface area contributed by atoms with Gasteiger partial charge in [-0.05, 0) is 66.2 Å². The molecule has 0 heterocycles. The molecule has 2 heteroatoms. The fraction of sp³-hybridized carbons (Fsp3) is 0.800. The van der Waals surface area contributed by atoms with E-state index in [0.717, 1.165) is 11.0 Å². The van der Waals surface area contributed by atoms with Gasteiger partial charge in [0.25, 0.3) is 0 Å². The van der Waals surface area contributed by atoms with Gasteiger partial charge in [-0.1, -0.05) is 92.1 Å². The smallest absolute Gasteiger partial charge is 0.104 e. The maximum atomic E-state index is 2.59. The number of unbranched alkanes of at least 4 members (excludes halogenated alkanes) is 9. The topological polar surface area (TPSA) is 0 Å². The second kappa shape index (κ2) is 12.9. The zero-order valence-corrected chi connectivity index (χ0v) is 24.5. The van der Waals surface area contributed by atoms with Crippen molar-refractivity contribution >= 4 is 0 Å². The molecule has 0 unspecified atom stereocenters. The second-order valence-electron chi connectivity index (χ2n) is 12.6. The maximum absolute atomic E-state index is 2.59. The molecular formula is C30H54BrN. The van der Waals surface area contributed by atoms with Crippen molar-refractivity contribution in [1.29, 1.82) is 0 Å². The lowest BCUT2D eigenvalue weighted by molar-refractivity contribution is -0.903. The summed E-state index contributed by atoms with van der Waals surface area (Å²) >= 11 is 0. The molecule has 0 bridgehead atoms. The summed E-state index contributed by atoms with van der Waals surface area (Å²) in [5.41, 5.74) is 6.91. The summed E-state index contributed by atoms with van der Waals surface area (Å²) < 4.78 is 1.11. The molecule has 0 saturated heterocycles. The minimum Gasteiger partial charge on any atom is -1.00 e. The Bertz CT molecular complexity index is 686. The zero-order chi connectivity index (χ0) is 23.1. The zero-order valence-electron chi connectivity index (χ0n) is 22.9. The Morgan fingerprint density at radius 1 is 0.719 bits per heavy atom. The third-order valence-corrected chi connectivity index (χ3v) is 8.02. The van der Waals surface area contributed by atoms with Crippen LogP contribution in [-0.4, -0.2) is 25.1 Å². The van der Waals surface area contributed by atoms with E-state index in [2.05, 4.69) is 67.8 Å². The molecule has 1 aliphatic carbocycles. The Kier molecular flexibility index (Phi) is 12.0. The number of quaternary nitrogens is 1. The number of hydrogen-bond donors (Lipinski definition) is 0. The second-order valence-corrected chi connectivity index (χ2v) is 12.6. The van der Waals surface area contributed by atoms with Crippen molar-refractivity contribution in [3.05, 3.63) is 34.4 Å². The average Bonchev–Trinajstić information content (AvgIpc) is 2.68. The first-order valence-corrected chi connectivity index (χ1v) is 13.4. The summed E-state index contributed by atoms with van der Waals surface area (Å²) in [6.07, 6.45) is 16.8. The number of halogens is 1. The highest BCUT2D eigenvalue weighted by Gasteiger charge is 2.37. The van der Waals surface area contributed by atoms with Gasteiger partial charge in [-0.2, -0.15) is 0 Å². The molecule has 1 aromatic carbocycles. The lowest BCUT2D eigenvalue weighted by Gasteiger charge is -2.42. The number of hydrogen-bond acceptors (Lipinski definition) is 0. The lowest BCUT2D eigenvalue weighted by atomic mass is 9.62. The monoisotopic (exact) mass is 507 g/mol. The quantitative estimate of drug-likeness (QED) is 0.232. The summed E-state index contributed by atoms with van der Waals surface area (Å²) in [6, 6.07) is 5.12. The van der Waals surface area contributed by atoms with E-state index < -0.39 is 0 Å². The van der Waals surface area contributed by atoms with Crippen molar-refractivity contribution in [2.75, 3.05) is 20.6 Å². The van der Waals surface area contributed by atoms with Gasteiger partial charge >= 0.3 is 0 Å². The number of benzene rings is 1. The van der Waals surface area contributed by atoms with Crippen LogP contribution >= 0.6 is 0 Å². The van der Waals surface area contributed by atoms with Crippen LogP contribution in [0.3, 0.4) is 0 Å². The molecule has 0 N–H and O–H groups in total. The van der Waals surface area contributed by atoms with Gasteiger partial charge in [-0.15, -0.1) is 0 Å². The molecule has 0 fully saturated rings. The molecule has 32 heavy (non-hydrogen) atoms. The fourth-order valence-electron chi connectivity index (χ4n) is 5.50. The van der Waals surface area contributed by atoms with Gasteiger partial charge in [0.05, 0.1) is 20.6 Å². The molecule has 0 aliphatic heterocycles. The number of aryl methyl sites for hydroxylation is 1. The van der Waals surface area contributed by atoms with Crippen molar-refractivity contribution < 1.29 is 21.5 Å². The Balaban J connectivity index is 0.00000512. The van der Waals surface area contributed by atoms with Crippen LogP contribution in [0, 0.1) is 6.92 Å². The van der Waals surface area contributed by atoms with Gasteiger partial charge in [0.15, 0.2) is 0 Å². The van der Waals surface area contributed by atoms with E-state index >= 15 is 0 Å². The first-order valence-electron chi connectivity index (χ1n) is 13.4. The number of fused-ring (bicyclic) bond motifs is 1. The molecule has 0 atom stereocenters. The summed E-state index contributed by atoms with van der Waals surface area (Å²) in [6.45, 7) is 16.9. The van der Waals surface area contributed by atoms with E-state index in [1.807, 2.05) is 0 Å². The van der Waals surface area contributed by atoms with Crippen LogP contribution in [0.2, 0.25) is 0 Å². The first kappa shape index (κ1) is 29.7. The Morgan fingerprint density at radius 2 is 1.16 bits per heavy atom. The Labute approximate surface area is 212 Å². The standard InChI is InChI=1S/C30H54N.BrH/c1-9-10-11-12-13-14-15-16-17-18-21-31(7,8)24-26-23-28-27(22-25(26)2)29(3,4)19-20-30(28,5)6;/h22-23H,9-21,24H2,1-8H3;1H/q+1;/p-1. The molecular weight excluding hydrogens is 454 g/mol. The summed E-state index contributed by atoms with van der Waals surface area (Å²) in [4.78, 5) is 0. The first-order chi connectivity index (χ1) is 14.5. The van der Waals surface area contributed by atoms with Crippen molar-refractivity contribution in [2.45, 2.75) is 136 Å². The predicted octanol–water partition coefficient (Wildman–Crippen LogP) is 5.85. The van der Waals surface area contributed by atoms with Crippen molar-refractivity contribution in [3.63, 3.8) is 0 Å². The molecule has 1 nitrogen and oxygen atoms in total. The molecule has 0 amide bonds. The highest BCUT2D eigenvalue weighted by Crippen LogP contribution is 2.46. The van der Waals surface area contributed by atoms with E-state index in [-0.39, 0.29) is 17.0 Å². The van der Waals surface area contributed by atoms with Gasteiger partial charge in [0.2, 0.25) is 0 Å². The minimum absolute atomic E-state index is 0. The van der Waals surface area contributed by atoms with Crippen LogP contribution in [0.4, 0.5) is 0 Å². The van der Waals surface area contributed by atoms with Crippen LogP contribution < -0.4 is 17.0 Å². The minimum atomic E-state index is 0. The number of rotatable bonds is 13. The average molecular weight is 509 g/mol. The largest absolute Gasteiger partial charge is 1.00 e. The predicted molar refractivity (Wildman–Crippen MR) is 139 cm³/mol. The molecule has 0 radical (unpaired) electrons. The molecule has 2 rings (SSSR count). The van der Waals surface area contributed by atoms with E-state index in [0.29, 0.717) is 10.8 Å².